The number of halogens is 1. The topological polar surface area (TPSA) is 84.0 Å². The molecule has 1 aliphatic carbocycles. The summed E-state index contributed by atoms with van der Waals surface area (Å²) < 4.78 is 12.1. The normalized spacial score (nSPS) is 27.1. The second kappa shape index (κ2) is 10.9. The number of ketones is 1. The maximum Gasteiger partial charge on any atom is 0.256 e. The van der Waals surface area contributed by atoms with Gasteiger partial charge >= 0.3 is 0 Å². The van der Waals surface area contributed by atoms with E-state index in [1.165, 1.54) is 0 Å². The number of hydrogen-bond acceptors (Lipinski definition) is 7. The highest BCUT2D eigenvalue weighted by Gasteiger charge is 2.51. The summed E-state index contributed by atoms with van der Waals surface area (Å²) in [6, 6.07) is 11.0. The van der Waals surface area contributed by atoms with Crippen molar-refractivity contribution in [3.8, 4) is 0 Å². The van der Waals surface area contributed by atoms with E-state index in [0.717, 1.165) is 56.8 Å². The van der Waals surface area contributed by atoms with Gasteiger partial charge in [-0.2, -0.15) is 0 Å². The molecule has 2 aromatic rings. The number of benzene rings is 1. The highest BCUT2D eigenvalue weighted by molar-refractivity contribution is 6.30. The van der Waals surface area contributed by atoms with Crippen LogP contribution in [0.1, 0.15) is 24.0 Å². The molecule has 1 saturated heterocycles. The first-order chi connectivity index (χ1) is 18.5. The molecule has 4 unspecified atom stereocenters. The van der Waals surface area contributed by atoms with Crippen molar-refractivity contribution in [1.29, 1.82) is 0 Å². The molecule has 1 saturated carbocycles. The molecule has 0 radical (unpaired) electrons. The van der Waals surface area contributed by atoms with E-state index in [4.69, 9.17) is 21.1 Å². The second-order valence-corrected chi connectivity index (χ2v) is 10.8. The first-order valence-corrected chi connectivity index (χ1v) is 13.6. The Hall–Kier alpha value is -3.20. The molecule has 4 heterocycles. The van der Waals surface area contributed by atoms with Crippen LogP contribution in [0.4, 0.5) is 0 Å². The lowest BCUT2D eigenvalue weighted by Gasteiger charge is -2.50. The molecule has 1 aromatic carbocycles. The fraction of sp³-hybridized carbons (Fsp3) is 0.414. The molecule has 1 amide bonds. The Morgan fingerprint density at radius 1 is 1.11 bits per heavy atom. The molecule has 1 aromatic heterocycles. The van der Waals surface area contributed by atoms with Crippen LogP contribution >= 0.6 is 11.6 Å². The molecule has 0 bridgehead atoms. The maximum atomic E-state index is 13.8. The third kappa shape index (κ3) is 5.21. The van der Waals surface area contributed by atoms with E-state index >= 15 is 0 Å². The SMILES string of the molecule is O=C(NCc1ccc(Cl)cc1)C1=CN2C=C(c3cccnc3)OC3CC(CN4CCOCC4)CC(C1=O)C32. The lowest BCUT2D eigenvalue weighted by atomic mass is 9.70. The second-order valence-electron chi connectivity index (χ2n) is 10.4. The molecule has 4 aliphatic rings. The van der Waals surface area contributed by atoms with Gasteiger partial charge in [-0.15, -0.1) is 0 Å². The minimum atomic E-state index is -0.363. The minimum absolute atomic E-state index is 0.0987. The number of ether oxygens (including phenoxy) is 2. The van der Waals surface area contributed by atoms with Gasteiger partial charge in [0.15, 0.2) is 5.78 Å². The Kier molecular flexibility index (Phi) is 7.19. The molecule has 198 valence electrons. The van der Waals surface area contributed by atoms with E-state index in [1.807, 2.05) is 35.4 Å². The molecule has 4 atom stereocenters. The third-order valence-corrected chi connectivity index (χ3v) is 8.14. The van der Waals surface area contributed by atoms with Gasteiger partial charge in [0.05, 0.1) is 24.8 Å². The quantitative estimate of drug-likeness (QED) is 0.570. The largest absolute Gasteiger partial charge is 0.486 e. The van der Waals surface area contributed by atoms with Crippen LogP contribution in [-0.4, -0.2) is 71.5 Å². The summed E-state index contributed by atoms with van der Waals surface area (Å²) in [5.41, 5.74) is 1.98. The predicted molar refractivity (Wildman–Crippen MR) is 143 cm³/mol. The zero-order valence-electron chi connectivity index (χ0n) is 21.1. The lowest BCUT2D eigenvalue weighted by Crippen LogP contribution is -2.58. The number of pyridine rings is 1. The Labute approximate surface area is 227 Å². The Balaban J connectivity index is 1.27. The van der Waals surface area contributed by atoms with Gasteiger partial charge in [0.1, 0.15) is 11.9 Å². The monoisotopic (exact) mass is 534 g/mol. The molecule has 6 rings (SSSR count). The number of aromatic nitrogens is 1. The summed E-state index contributed by atoms with van der Waals surface area (Å²) in [6.07, 6.45) is 8.55. The first kappa shape index (κ1) is 25.1. The number of carbonyl (C=O) groups excluding carboxylic acids is 2. The summed E-state index contributed by atoms with van der Waals surface area (Å²) in [5, 5.41) is 3.56. The van der Waals surface area contributed by atoms with Crippen molar-refractivity contribution in [1.82, 2.24) is 20.1 Å². The van der Waals surface area contributed by atoms with Crippen molar-refractivity contribution < 1.29 is 19.1 Å². The van der Waals surface area contributed by atoms with E-state index in [-0.39, 0.29) is 41.2 Å². The van der Waals surface area contributed by atoms with Crippen LogP contribution in [0.15, 0.2) is 66.8 Å². The van der Waals surface area contributed by atoms with Gasteiger partial charge in [-0.05, 0) is 48.6 Å². The Morgan fingerprint density at radius 3 is 2.68 bits per heavy atom. The summed E-state index contributed by atoms with van der Waals surface area (Å²) in [4.78, 5) is 35.8. The summed E-state index contributed by atoms with van der Waals surface area (Å²) >= 11 is 5.98. The van der Waals surface area contributed by atoms with Crippen molar-refractivity contribution in [2.24, 2.45) is 11.8 Å². The van der Waals surface area contributed by atoms with Gasteiger partial charge in [0.25, 0.3) is 5.91 Å². The standard InChI is InChI=1S/C29H31ClN4O4/c30-22-5-3-19(4-6-22)14-32-29(36)24-17-34-18-26(21-2-1-7-31-15-21)38-25-13-20(12-23(27(25)34)28(24)35)16-33-8-10-37-11-9-33/h1-7,15,17-18,20,23,25,27H,8-14,16H2,(H,32,36). The van der Waals surface area contributed by atoms with E-state index in [1.54, 1.807) is 30.7 Å². The first-order valence-electron chi connectivity index (χ1n) is 13.2. The van der Waals surface area contributed by atoms with Crippen LogP contribution in [-0.2, 0) is 25.6 Å². The predicted octanol–water partition coefficient (Wildman–Crippen LogP) is 3.24. The van der Waals surface area contributed by atoms with Crippen LogP contribution in [0.2, 0.25) is 5.02 Å². The molecular formula is C29H31ClN4O4. The zero-order chi connectivity index (χ0) is 26.1. The van der Waals surface area contributed by atoms with Gasteiger partial charge in [-0.25, -0.2) is 0 Å². The van der Waals surface area contributed by atoms with Crippen LogP contribution in [0, 0.1) is 11.8 Å². The molecule has 38 heavy (non-hydrogen) atoms. The maximum absolute atomic E-state index is 13.8. The summed E-state index contributed by atoms with van der Waals surface area (Å²) in [6.45, 7) is 4.48. The van der Waals surface area contributed by atoms with Crippen LogP contribution in [0.25, 0.3) is 5.76 Å². The fourth-order valence-electron chi connectivity index (χ4n) is 6.05. The van der Waals surface area contributed by atoms with Crippen LogP contribution in [0.5, 0.6) is 0 Å². The number of carbonyl (C=O) groups is 2. The van der Waals surface area contributed by atoms with E-state index < -0.39 is 0 Å². The highest BCUT2D eigenvalue weighted by atomic mass is 35.5. The molecule has 3 aliphatic heterocycles. The molecule has 0 spiro atoms. The van der Waals surface area contributed by atoms with Crippen molar-refractivity contribution in [2.45, 2.75) is 31.5 Å². The fourth-order valence-corrected chi connectivity index (χ4v) is 6.18. The molecule has 1 N–H and O–H groups in total. The van der Waals surface area contributed by atoms with Gasteiger partial charge in [0, 0.05) is 67.5 Å². The Bertz CT molecular complexity index is 1240. The number of Topliss-reactive ketones (excluding diaryl/α,β-unsaturated/α-hetero) is 1. The molecule has 9 heteroatoms. The van der Waals surface area contributed by atoms with Crippen LogP contribution < -0.4 is 5.32 Å². The summed E-state index contributed by atoms with van der Waals surface area (Å²) in [7, 11) is 0. The molecule has 8 nitrogen and oxygen atoms in total. The number of rotatable bonds is 6. The van der Waals surface area contributed by atoms with Crippen molar-refractivity contribution in [3.63, 3.8) is 0 Å². The third-order valence-electron chi connectivity index (χ3n) is 7.89. The van der Waals surface area contributed by atoms with Crippen molar-refractivity contribution in [3.05, 3.63) is 82.9 Å². The number of morpholine rings is 1. The van der Waals surface area contributed by atoms with Gasteiger partial charge < -0.3 is 19.7 Å². The minimum Gasteiger partial charge on any atom is -0.486 e. The number of nitrogens with one attached hydrogen (secondary N) is 1. The number of amides is 1. The van der Waals surface area contributed by atoms with E-state index in [0.29, 0.717) is 17.3 Å². The van der Waals surface area contributed by atoms with Gasteiger partial charge in [-0.1, -0.05) is 23.7 Å². The molecule has 2 fully saturated rings. The van der Waals surface area contributed by atoms with Gasteiger partial charge in [0.2, 0.25) is 0 Å². The van der Waals surface area contributed by atoms with Crippen molar-refractivity contribution in [2.75, 3.05) is 32.8 Å². The van der Waals surface area contributed by atoms with E-state index in [9.17, 15) is 9.59 Å². The Morgan fingerprint density at radius 2 is 1.92 bits per heavy atom. The molecular weight excluding hydrogens is 504 g/mol. The smallest absolute Gasteiger partial charge is 0.256 e. The van der Waals surface area contributed by atoms with Crippen molar-refractivity contribution >= 4 is 29.1 Å². The zero-order valence-corrected chi connectivity index (χ0v) is 21.8. The summed E-state index contributed by atoms with van der Waals surface area (Å²) in [5.74, 6) is 0.218. The number of nitrogens with zero attached hydrogens (tertiary/aromatic N) is 3. The average Bonchev–Trinajstić information content (AvgIpc) is 2.95. The lowest BCUT2D eigenvalue weighted by molar-refractivity contribution is -0.132. The van der Waals surface area contributed by atoms with Crippen LogP contribution in [0.3, 0.4) is 0 Å². The van der Waals surface area contributed by atoms with E-state index in [2.05, 4.69) is 15.2 Å². The highest BCUT2D eigenvalue weighted by Crippen LogP contribution is 2.44. The van der Waals surface area contributed by atoms with Gasteiger partial charge in [-0.3, -0.25) is 19.5 Å². The number of hydrogen-bond donors (Lipinski definition) is 1. The average molecular weight is 535 g/mol.